The fourth-order valence-electron chi connectivity index (χ4n) is 3.59. The number of aromatic amines is 1. The van der Waals surface area contributed by atoms with E-state index in [0.717, 1.165) is 18.5 Å². The molecule has 7 heteroatoms. The van der Waals surface area contributed by atoms with Crippen LogP contribution in [0.25, 0.3) is 0 Å². The third-order valence-corrected chi connectivity index (χ3v) is 5.93. The lowest BCUT2D eigenvalue weighted by Crippen LogP contribution is -2.49. The van der Waals surface area contributed by atoms with Gasteiger partial charge in [0, 0.05) is 6.20 Å². The molecule has 1 aliphatic carbocycles. The molecule has 2 aromatic heterocycles. The van der Waals surface area contributed by atoms with E-state index < -0.39 is 5.60 Å². The molecule has 1 fully saturated rings. The molecule has 0 saturated heterocycles. The fourth-order valence-corrected chi connectivity index (χ4v) is 3.96. The van der Waals surface area contributed by atoms with Crippen LogP contribution in [0.2, 0.25) is 5.02 Å². The molecule has 3 rings (SSSR count). The molecule has 2 aromatic rings. The van der Waals surface area contributed by atoms with Crippen LogP contribution < -0.4 is 0 Å². The highest BCUT2D eigenvalue weighted by Gasteiger charge is 2.54. The number of pyridine rings is 1. The molecule has 2 unspecified atom stereocenters. The average molecular weight is 353 g/mol. The summed E-state index contributed by atoms with van der Waals surface area (Å²) in [7, 11) is 0. The van der Waals surface area contributed by atoms with Gasteiger partial charge in [-0.05, 0) is 54.9 Å². The smallest absolute Gasteiger partial charge is 0.215 e. The summed E-state index contributed by atoms with van der Waals surface area (Å²) in [5, 5.41) is 15.2. The number of H-pyrrole nitrogens is 1. The van der Waals surface area contributed by atoms with E-state index >= 15 is 0 Å². The van der Waals surface area contributed by atoms with Crippen molar-refractivity contribution >= 4 is 23.8 Å². The van der Waals surface area contributed by atoms with Crippen LogP contribution in [0.15, 0.2) is 24.7 Å². The Kier molecular flexibility index (Phi) is 4.33. The van der Waals surface area contributed by atoms with Gasteiger partial charge in [0.25, 0.3) is 0 Å². The Bertz CT molecular complexity index is 756. The monoisotopic (exact) mass is 352 g/mol. The van der Waals surface area contributed by atoms with Crippen LogP contribution >= 0.6 is 23.8 Å². The first-order valence-corrected chi connectivity index (χ1v) is 8.54. The molecule has 1 aliphatic rings. The number of rotatable bonds is 4. The summed E-state index contributed by atoms with van der Waals surface area (Å²) in [6, 6.07) is 3.66. The Hall–Kier alpha value is -1.24. The molecule has 23 heavy (non-hydrogen) atoms. The molecule has 2 N–H and O–H groups in total. The van der Waals surface area contributed by atoms with Crippen LogP contribution in [-0.4, -0.2) is 30.5 Å². The molecule has 1 saturated carbocycles. The summed E-state index contributed by atoms with van der Waals surface area (Å²) < 4.78 is 2.19. The molecule has 0 radical (unpaired) electrons. The van der Waals surface area contributed by atoms with E-state index in [4.69, 9.17) is 23.8 Å². The van der Waals surface area contributed by atoms with Crippen molar-refractivity contribution in [3.8, 4) is 0 Å². The van der Waals surface area contributed by atoms with Crippen molar-refractivity contribution < 1.29 is 5.11 Å². The highest BCUT2D eigenvalue weighted by molar-refractivity contribution is 7.71. The second-order valence-electron chi connectivity index (χ2n) is 6.94. The molecule has 124 valence electrons. The van der Waals surface area contributed by atoms with Gasteiger partial charge in [-0.3, -0.25) is 14.8 Å². The van der Waals surface area contributed by atoms with E-state index in [9.17, 15) is 5.11 Å². The van der Waals surface area contributed by atoms with Gasteiger partial charge in [0.2, 0.25) is 4.77 Å². The molecule has 2 atom stereocenters. The topological polar surface area (TPSA) is 66.7 Å². The van der Waals surface area contributed by atoms with Gasteiger partial charge in [-0.1, -0.05) is 25.4 Å². The zero-order valence-corrected chi connectivity index (χ0v) is 14.9. The molecular weight excluding hydrogens is 332 g/mol. The summed E-state index contributed by atoms with van der Waals surface area (Å²) in [6.45, 7) is 4.61. The Morgan fingerprint density at radius 3 is 2.91 bits per heavy atom. The third kappa shape index (κ3) is 2.95. The van der Waals surface area contributed by atoms with E-state index in [-0.39, 0.29) is 11.3 Å². The van der Waals surface area contributed by atoms with Crippen LogP contribution in [0.3, 0.4) is 0 Å². The maximum Gasteiger partial charge on any atom is 0.215 e. The van der Waals surface area contributed by atoms with Crippen LogP contribution in [0.4, 0.5) is 0 Å². The summed E-state index contributed by atoms with van der Waals surface area (Å²) in [5.41, 5.74) is -0.291. The van der Waals surface area contributed by atoms with Gasteiger partial charge >= 0.3 is 0 Å². The molecule has 0 bridgehead atoms. The van der Waals surface area contributed by atoms with Crippen LogP contribution in [0.1, 0.15) is 32.4 Å². The predicted molar refractivity (Wildman–Crippen MR) is 91.8 cm³/mol. The Morgan fingerprint density at radius 2 is 2.26 bits per heavy atom. The molecule has 5 nitrogen and oxygen atoms in total. The van der Waals surface area contributed by atoms with Crippen LogP contribution in [-0.2, 0) is 13.0 Å². The highest BCUT2D eigenvalue weighted by atomic mass is 35.5. The van der Waals surface area contributed by atoms with Gasteiger partial charge in [-0.15, -0.1) is 0 Å². The Balaban J connectivity index is 1.91. The van der Waals surface area contributed by atoms with E-state index in [1.165, 1.54) is 0 Å². The zero-order valence-electron chi connectivity index (χ0n) is 13.3. The number of aliphatic hydroxyl groups is 1. The van der Waals surface area contributed by atoms with Crippen LogP contribution in [0.5, 0.6) is 0 Å². The number of halogens is 1. The summed E-state index contributed by atoms with van der Waals surface area (Å²) >= 11 is 11.5. The lowest BCUT2D eigenvalue weighted by molar-refractivity contribution is -0.0911. The van der Waals surface area contributed by atoms with Crippen molar-refractivity contribution in [3.63, 3.8) is 0 Å². The molecule has 0 aromatic carbocycles. The molecule has 0 aliphatic heterocycles. The normalized spacial score (nSPS) is 26.5. The second-order valence-corrected chi connectivity index (χ2v) is 7.71. The minimum absolute atomic E-state index is 0.0649. The predicted octanol–water partition coefficient (Wildman–Crippen LogP) is 3.40. The molecule has 0 amide bonds. The van der Waals surface area contributed by atoms with Gasteiger partial charge in [0.15, 0.2) is 0 Å². The van der Waals surface area contributed by atoms with Crippen molar-refractivity contribution in [2.75, 3.05) is 0 Å². The van der Waals surface area contributed by atoms with E-state index in [0.29, 0.717) is 22.8 Å². The van der Waals surface area contributed by atoms with Crippen molar-refractivity contribution in [3.05, 3.63) is 40.1 Å². The van der Waals surface area contributed by atoms with Crippen molar-refractivity contribution in [1.82, 2.24) is 19.7 Å². The maximum absolute atomic E-state index is 11.5. The minimum Gasteiger partial charge on any atom is -0.387 e. The lowest BCUT2D eigenvalue weighted by Gasteiger charge is -2.40. The number of aromatic nitrogens is 4. The van der Waals surface area contributed by atoms with Crippen molar-refractivity contribution in [2.24, 2.45) is 11.3 Å². The van der Waals surface area contributed by atoms with Gasteiger partial charge in [0.1, 0.15) is 6.33 Å². The van der Waals surface area contributed by atoms with Gasteiger partial charge in [-0.25, -0.2) is 4.98 Å². The standard InChI is InChI=1S/C16H21ClN4OS/c1-15(2)6-5-11(8-13-12(17)4-3-7-18-13)16(15,22)9-21-14(23)19-10-20-21/h3-4,7,10-11,22H,5-6,8-9H2,1-2H3,(H,19,20,23). The maximum atomic E-state index is 11.5. The van der Waals surface area contributed by atoms with Gasteiger partial charge in [-0.2, -0.15) is 0 Å². The first kappa shape index (κ1) is 16.6. The highest BCUT2D eigenvalue weighted by Crippen LogP contribution is 2.51. The van der Waals surface area contributed by atoms with E-state index in [1.807, 2.05) is 12.1 Å². The first-order chi connectivity index (χ1) is 10.8. The minimum atomic E-state index is -0.904. The Labute approximate surface area is 145 Å². The lowest BCUT2D eigenvalue weighted by atomic mass is 9.73. The Morgan fingerprint density at radius 1 is 1.48 bits per heavy atom. The quantitative estimate of drug-likeness (QED) is 0.827. The third-order valence-electron chi connectivity index (χ3n) is 5.26. The number of nitrogens with one attached hydrogen (secondary N) is 1. The number of hydrogen-bond acceptors (Lipinski definition) is 4. The summed E-state index contributed by atoms with van der Waals surface area (Å²) in [5.74, 6) is 0.0649. The largest absolute Gasteiger partial charge is 0.387 e. The molecule has 0 spiro atoms. The molecule has 2 heterocycles. The SMILES string of the molecule is CC1(C)CCC(Cc2ncccc2Cl)C1(O)Cn1[nH]cnc1=S. The summed E-state index contributed by atoms with van der Waals surface area (Å²) in [4.78, 5) is 8.42. The number of nitrogens with zero attached hydrogens (tertiary/aromatic N) is 3. The van der Waals surface area contributed by atoms with Crippen molar-refractivity contribution in [1.29, 1.82) is 0 Å². The van der Waals surface area contributed by atoms with Crippen molar-refractivity contribution in [2.45, 2.75) is 45.3 Å². The first-order valence-electron chi connectivity index (χ1n) is 7.75. The average Bonchev–Trinajstić information content (AvgIpc) is 2.98. The van der Waals surface area contributed by atoms with Crippen LogP contribution in [0, 0.1) is 16.1 Å². The van der Waals surface area contributed by atoms with Gasteiger partial charge in [0.05, 0.1) is 22.9 Å². The molecular formula is C16H21ClN4OS. The second kappa shape index (κ2) is 6.00. The van der Waals surface area contributed by atoms with E-state index in [1.54, 1.807) is 17.2 Å². The number of hydrogen-bond donors (Lipinski definition) is 2. The van der Waals surface area contributed by atoms with Gasteiger partial charge < -0.3 is 5.11 Å². The summed E-state index contributed by atoms with van der Waals surface area (Å²) in [6.07, 6.45) is 5.82. The fraction of sp³-hybridized carbons (Fsp3) is 0.562. The van der Waals surface area contributed by atoms with E-state index in [2.05, 4.69) is 28.9 Å². The zero-order chi connectivity index (χ0) is 16.7.